The van der Waals surface area contributed by atoms with Gasteiger partial charge in [0.25, 0.3) is 0 Å². The van der Waals surface area contributed by atoms with Gasteiger partial charge >= 0.3 is 5.97 Å². The van der Waals surface area contributed by atoms with Crippen LogP contribution in [0.5, 0.6) is 0 Å². The second-order valence-electron chi connectivity index (χ2n) is 4.14. The summed E-state index contributed by atoms with van der Waals surface area (Å²) in [5.74, 6) is 4.63. The minimum absolute atomic E-state index is 0.0176. The van der Waals surface area contributed by atoms with Gasteiger partial charge in [-0.3, -0.25) is 4.79 Å². The summed E-state index contributed by atoms with van der Waals surface area (Å²) in [5.41, 5.74) is 0.492. The van der Waals surface area contributed by atoms with Gasteiger partial charge in [-0.15, -0.1) is 0 Å². The van der Waals surface area contributed by atoms with Gasteiger partial charge in [0.15, 0.2) is 0 Å². The molecule has 6 nitrogen and oxygen atoms in total. The number of nitrogens with zero attached hydrogens (tertiary/aromatic N) is 1. The Kier molecular flexibility index (Phi) is 6.37. The summed E-state index contributed by atoms with van der Waals surface area (Å²) < 4.78 is 30.2. The maximum Gasteiger partial charge on any atom is 0.306 e. The third-order valence-electron chi connectivity index (χ3n) is 2.71. The van der Waals surface area contributed by atoms with E-state index in [2.05, 4.69) is 16.6 Å². The molecule has 1 aromatic rings. The van der Waals surface area contributed by atoms with Crippen molar-refractivity contribution >= 4 is 16.0 Å². The molecule has 1 rings (SSSR count). The second kappa shape index (κ2) is 7.78. The second-order valence-corrected chi connectivity index (χ2v) is 6.19. The molecule has 0 fully saturated rings. The van der Waals surface area contributed by atoms with E-state index in [9.17, 15) is 13.2 Å². The Morgan fingerprint density at radius 1 is 1.43 bits per heavy atom. The molecule has 0 aliphatic heterocycles. The molecule has 0 saturated heterocycles. The first-order chi connectivity index (χ1) is 9.91. The molecular formula is C14H17NO5S. The fourth-order valence-corrected chi connectivity index (χ4v) is 2.74. The van der Waals surface area contributed by atoms with Gasteiger partial charge in [-0.25, -0.2) is 12.7 Å². The Balaban J connectivity index is 2.94. The topological polar surface area (TPSA) is 83.9 Å². The summed E-state index contributed by atoms with van der Waals surface area (Å²) >= 11 is 0. The molecular weight excluding hydrogens is 294 g/mol. The van der Waals surface area contributed by atoms with E-state index < -0.39 is 16.0 Å². The molecule has 0 unspecified atom stereocenters. The van der Waals surface area contributed by atoms with E-state index in [1.807, 2.05) is 0 Å². The number of aliphatic hydroxyl groups is 1. The molecule has 0 spiro atoms. The van der Waals surface area contributed by atoms with Gasteiger partial charge in [-0.1, -0.05) is 17.9 Å². The molecule has 0 aliphatic carbocycles. The zero-order chi connectivity index (χ0) is 15.9. The Hall–Kier alpha value is -1.88. The highest BCUT2D eigenvalue weighted by Crippen LogP contribution is 2.16. The third kappa shape index (κ3) is 4.86. The molecule has 7 heteroatoms. The number of aliphatic hydroxyl groups excluding tert-OH is 1. The maximum atomic E-state index is 12.3. The van der Waals surface area contributed by atoms with Crippen molar-refractivity contribution in [1.29, 1.82) is 0 Å². The number of esters is 1. The summed E-state index contributed by atoms with van der Waals surface area (Å²) in [4.78, 5) is 11.1. The van der Waals surface area contributed by atoms with Gasteiger partial charge < -0.3 is 9.84 Å². The zero-order valence-electron chi connectivity index (χ0n) is 11.9. The molecule has 0 heterocycles. The van der Waals surface area contributed by atoms with Crippen LogP contribution in [0.15, 0.2) is 29.2 Å². The van der Waals surface area contributed by atoms with Crippen molar-refractivity contribution in [2.75, 3.05) is 27.3 Å². The van der Waals surface area contributed by atoms with Crippen LogP contribution in [-0.2, 0) is 19.6 Å². The largest absolute Gasteiger partial charge is 0.469 e. The number of hydrogen-bond donors (Lipinski definition) is 1. The first-order valence-electron chi connectivity index (χ1n) is 6.14. The Morgan fingerprint density at radius 2 is 2.14 bits per heavy atom. The maximum absolute atomic E-state index is 12.3. The first kappa shape index (κ1) is 17.2. The predicted molar refractivity (Wildman–Crippen MR) is 76.9 cm³/mol. The molecule has 21 heavy (non-hydrogen) atoms. The molecule has 1 aromatic carbocycles. The molecule has 0 amide bonds. The van der Waals surface area contributed by atoms with E-state index in [1.165, 1.54) is 26.3 Å². The average molecular weight is 311 g/mol. The summed E-state index contributed by atoms with van der Waals surface area (Å²) in [6.07, 6.45) is -0.0176. The van der Waals surface area contributed by atoms with E-state index in [0.29, 0.717) is 5.56 Å². The fraction of sp³-hybridized carbons (Fsp3) is 0.357. The molecule has 114 valence electrons. The van der Waals surface area contributed by atoms with E-state index in [4.69, 9.17) is 5.11 Å². The Labute approximate surface area is 124 Å². The Bertz CT molecular complexity index is 657. The monoisotopic (exact) mass is 311 g/mol. The lowest BCUT2D eigenvalue weighted by atomic mass is 10.2. The van der Waals surface area contributed by atoms with Crippen molar-refractivity contribution in [3.8, 4) is 11.8 Å². The van der Waals surface area contributed by atoms with Crippen LogP contribution >= 0.6 is 0 Å². The van der Waals surface area contributed by atoms with Crippen LogP contribution in [0, 0.1) is 11.8 Å². The van der Waals surface area contributed by atoms with Crippen LogP contribution < -0.4 is 0 Å². The van der Waals surface area contributed by atoms with Crippen molar-refractivity contribution in [3.63, 3.8) is 0 Å². The number of benzene rings is 1. The van der Waals surface area contributed by atoms with Crippen LogP contribution in [-0.4, -0.2) is 51.1 Å². The average Bonchev–Trinajstić information content (AvgIpc) is 2.50. The lowest BCUT2D eigenvalue weighted by molar-refractivity contribution is -0.140. The summed E-state index contributed by atoms with van der Waals surface area (Å²) in [5, 5.41) is 8.65. The van der Waals surface area contributed by atoms with Crippen LogP contribution in [0.2, 0.25) is 0 Å². The molecule has 0 bridgehead atoms. The van der Waals surface area contributed by atoms with Crippen LogP contribution in [0.4, 0.5) is 0 Å². The zero-order valence-corrected chi connectivity index (χ0v) is 12.7. The predicted octanol–water partition coefficient (Wildman–Crippen LogP) is 0.214. The van der Waals surface area contributed by atoms with Gasteiger partial charge in [0.05, 0.1) is 18.4 Å². The number of sulfonamides is 1. The third-order valence-corrected chi connectivity index (χ3v) is 4.57. The molecule has 0 aromatic heterocycles. The van der Waals surface area contributed by atoms with Crippen molar-refractivity contribution in [2.45, 2.75) is 11.3 Å². The normalized spacial score (nSPS) is 10.9. The van der Waals surface area contributed by atoms with Crippen molar-refractivity contribution in [3.05, 3.63) is 29.8 Å². The number of hydrogen-bond acceptors (Lipinski definition) is 5. The first-order valence-corrected chi connectivity index (χ1v) is 7.58. The number of carbonyl (C=O) groups is 1. The molecule has 0 radical (unpaired) electrons. The molecule has 0 atom stereocenters. The molecule has 0 aliphatic rings. The van der Waals surface area contributed by atoms with Gasteiger partial charge in [0.1, 0.15) is 6.61 Å². The number of methoxy groups -OCH3 is 1. The van der Waals surface area contributed by atoms with E-state index in [1.54, 1.807) is 12.1 Å². The fourth-order valence-electron chi connectivity index (χ4n) is 1.53. The smallest absolute Gasteiger partial charge is 0.306 e. The van der Waals surface area contributed by atoms with Crippen LogP contribution in [0.1, 0.15) is 12.0 Å². The lowest BCUT2D eigenvalue weighted by Gasteiger charge is -2.16. The quantitative estimate of drug-likeness (QED) is 0.621. The number of rotatable bonds is 5. The van der Waals surface area contributed by atoms with Gasteiger partial charge in [0, 0.05) is 19.2 Å². The molecule has 1 N–H and O–H groups in total. The number of carbonyl (C=O) groups excluding carboxylic acids is 1. The summed E-state index contributed by atoms with van der Waals surface area (Å²) in [6, 6.07) is 6.10. The minimum Gasteiger partial charge on any atom is -0.469 e. The number of ether oxygens (including phenoxy) is 1. The van der Waals surface area contributed by atoms with Crippen molar-refractivity contribution < 1.29 is 23.1 Å². The van der Waals surface area contributed by atoms with Crippen LogP contribution in [0.3, 0.4) is 0 Å². The highest BCUT2D eigenvalue weighted by Gasteiger charge is 2.21. The van der Waals surface area contributed by atoms with Gasteiger partial charge in [-0.05, 0) is 18.2 Å². The minimum atomic E-state index is -3.70. The SMILES string of the molecule is COC(=O)CCN(C)S(=O)(=O)c1cccc(C#CCO)c1. The van der Waals surface area contributed by atoms with Crippen molar-refractivity contribution in [1.82, 2.24) is 4.31 Å². The van der Waals surface area contributed by atoms with Gasteiger partial charge in [0.2, 0.25) is 10.0 Å². The highest BCUT2D eigenvalue weighted by atomic mass is 32.2. The van der Waals surface area contributed by atoms with E-state index in [-0.39, 0.29) is 24.5 Å². The Morgan fingerprint density at radius 3 is 2.76 bits per heavy atom. The molecule has 0 saturated carbocycles. The summed E-state index contributed by atoms with van der Waals surface area (Å²) in [6.45, 7) is -0.266. The summed E-state index contributed by atoms with van der Waals surface area (Å²) in [7, 11) is -1.05. The lowest BCUT2D eigenvalue weighted by Crippen LogP contribution is -2.29. The van der Waals surface area contributed by atoms with Crippen molar-refractivity contribution in [2.24, 2.45) is 0 Å². The van der Waals surface area contributed by atoms with Gasteiger partial charge in [-0.2, -0.15) is 0 Å². The highest BCUT2D eigenvalue weighted by molar-refractivity contribution is 7.89. The standard InChI is InChI=1S/C14H17NO5S/c1-15(9-8-14(17)20-2)21(18,19)13-7-3-5-12(11-13)6-4-10-16/h3,5,7,11,16H,8-10H2,1-2H3. The van der Waals surface area contributed by atoms with Crippen LogP contribution in [0.25, 0.3) is 0 Å². The van der Waals surface area contributed by atoms with E-state index in [0.717, 1.165) is 4.31 Å². The van der Waals surface area contributed by atoms with E-state index >= 15 is 0 Å².